The lowest BCUT2D eigenvalue weighted by Gasteiger charge is -2.12. The molecule has 2 aromatic heterocycles. The Morgan fingerprint density at radius 2 is 2.40 bits per heavy atom. The maximum absolute atomic E-state index is 5.51. The molecule has 78 valence electrons. The van der Waals surface area contributed by atoms with Gasteiger partial charge in [0.15, 0.2) is 0 Å². The van der Waals surface area contributed by atoms with Gasteiger partial charge in [-0.1, -0.05) is 6.07 Å². The molecule has 0 spiro atoms. The van der Waals surface area contributed by atoms with Gasteiger partial charge in [0.2, 0.25) is 0 Å². The molecule has 0 aliphatic carbocycles. The molecule has 0 aromatic carbocycles. The number of nitrogens with one attached hydrogen (secondary N) is 1. The number of aromatic nitrogens is 2. The number of hydrogen-bond donors (Lipinski definition) is 2. The van der Waals surface area contributed by atoms with Gasteiger partial charge in [-0.15, -0.1) is 11.3 Å². The summed E-state index contributed by atoms with van der Waals surface area (Å²) in [5, 5.41) is 0. The Morgan fingerprint density at radius 3 is 3.00 bits per heavy atom. The predicted molar refractivity (Wildman–Crippen MR) is 60.1 cm³/mol. The highest BCUT2D eigenvalue weighted by Gasteiger charge is 2.12. The maximum Gasteiger partial charge on any atom is 0.0794 e. The van der Waals surface area contributed by atoms with Crippen LogP contribution in [-0.2, 0) is 6.42 Å². The third-order valence-electron chi connectivity index (χ3n) is 2.14. The van der Waals surface area contributed by atoms with Crippen LogP contribution in [-0.4, -0.2) is 9.97 Å². The normalized spacial score (nSPS) is 12.6. The van der Waals surface area contributed by atoms with Crippen LogP contribution in [0.2, 0.25) is 0 Å². The Balaban J connectivity index is 2.10. The van der Waals surface area contributed by atoms with Gasteiger partial charge in [-0.05, 0) is 12.1 Å². The molecule has 0 amide bonds. The third-order valence-corrected chi connectivity index (χ3v) is 3.02. The first kappa shape index (κ1) is 10.2. The average molecular weight is 220 g/mol. The van der Waals surface area contributed by atoms with E-state index in [4.69, 9.17) is 5.84 Å². The molecule has 0 saturated heterocycles. The van der Waals surface area contributed by atoms with E-state index in [1.165, 1.54) is 0 Å². The van der Waals surface area contributed by atoms with Gasteiger partial charge in [-0.25, -0.2) is 0 Å². The minimum Gasteiger partial charge on any atom is -0.271 e. The number of hydrogen-bond acceptors (Lipinski definition) is 5. The third kappa shape index (κ3) is 2.59. The summed E-state index contributed by atoms with van der Waals surface area (Å²) in [5.41, 5.74) is 5.61. The van der Waals surface area contributed by atoms with Gasteiger partial charge in [0.1, 0.15) is 0 Å². The Labute approximate surface area is 92.2 Å². The van der Waals surface area contributed by atoms with E-state index in [1.807, 2.05) is 24.4 Å². The molecule has 0 bridgehead atoms. The molecule has 2 rings (SSSR count). The summed E-state index contributed by atoms with van der Waals surface area (Å²) in [6, 6.07) is 5.96. The highest BCUT2D eigenvalue weighted by molar-refractivity contribution is 7.09. The molecule has 0 radical (unpaired) electrons. The Kier molecular flexibility index (Phi) is 3.39. The molecule has 2 heterocycles. The van der Waals surface area contributed by atoms with Gasteiger partial charge in [-0.2, -0.15) is 0 Å². The number of nitrogens with zero attached hydrogens (tertiary/aromatic N) is 2. The average Bonchev–Trinajstić information content (AvgIpc) is 2.81. The zero-order valence-electron chi connectivity index (χ0n) is 8.13. The Bertz CT molecular complexity index is 387. The molecule has 2 aromatic rings. The second kappa shape index (κ2) is 4.97. The SMILES string of the molecule is NNC(Cc1ccccn1)c1cncs1. The molecule has 5 heteroatoms. The van der Waals surface area contributed by atoms with Crippen molar-refractivity contribution >= 4 is 11.3 Å². The largest absolute Gasteiger partial charge is 0.271 e. The van der Waals surface area contributed by atoms with Crippen LogP contribution in [0.1, 0.15) is 16.6 Å². The van der Waals surface area contributed by atoms with E-state index in [0.29, 0.717) is 0 Å². The van der Waals surface area contributed by atoms with Crippen LogP contribution in [0.15, 0.2) is 36.1 Å². The summed E-state index contributed by atoms with van der Waals surface area (Å²) in [6.07, 6.45) is 4.40. The molecule has 0 saturated carbocycles. The van der Waals surface area contributed by atoms with Crippen molar-refractivity contribution in [1.82, 2.24) is 15.4 Å². The van der Waals surface area contributed by atoms with Crippen molar-refractivity contribution in [3.8, 4) is 0 Å². The van der Waals surface area contributed by atoms with Crippen molar-refractivity contribution in [2.75, 3.05) is 0 Å². The first-order valence-electron chi connectivity index (χ1n) is 4.64. The fraction of sp³-hybridized carbons (Fsp3) is 0.200. The standard InChI is InChI=1S/C10H12N4S/c11-14-9(10-6-12-7-15-10)5-8-3-1-2-4-13-8/h1-4,6-7,9,14H,5,11H2. The van der Waals surface area contributed by atoms with Crippen LogP contribution in [0.3, 0.4) is 0 Å². The number of nitrogens with two attached hydrogens (primary N) is 1. The molecule has 1 unspecified atom stereocenters. The van der Waals surface area contributed by atoms with Crippen molar-refractivity contribution in [3.05, 3.63) is 46.7 Å². The van der Waals surface area contributed by atoms with Gasteiger partial charge in [-0.3, -0.25) is 21.2 Å². The van der Waals surface area contributed by atoms with E-state index in [9.17, 15) is 0 Å². The topological polar surface area (TPSA) is 63.8 Å². The van der Waals surface area contributed by atoms with Crippen molar-refractivity contribution in [1.29, 1.82) is 0 Å². The fourth-order valence-corrected chi connectivity index (χ4v) is 2.05. The number of pyridine rings is 1. The summed E-state index contributed by atoms with van der Waals surface area (Å²) < 4.78 is 0. The highest BCUT2D eigenvalue weighted by Crippen LogP contribution is 2.19. The maximum atomic E-state index is 5.51. The van der Waals surface area contributed by atoms with Gasteiger partial charge >= 0.3 is 0 Å². The van der Waals surface area contributed by atoms with Gasteiger partial charge in [0.25, 0.3) is 0 Å². The van der Waals surface area contributed by atoms with Crippen molar-refractivity contribution in [2.24, 2.45) is 5.84 Å². The van der Waals surface area contributed by atoms with Crippen molar-refractivity contribution in [2.45, 2.75) is 12.5 Å². The number of thiazole rings is 1. The van der Waals surface area contributed by atoms with Crippen molar-refractivity contribution in [3.63, 3.8) is 0 Å². The summed E-state index contributed by atoms with van der Waals surface area (Å²) in [7, 11) is 0. The summed E-state index contributed by atoms with van der Waals surface area (Å²) in [5.74, 6) is 5.51. The van der Waals surface area contributed by atoms with Crippen molar-refractivity contribution < 1.29 is 0 Å². The predicted octanol–water partition coefficient (Wildman–Crippen LogP) is 1.29. The van der Waals surface area contributed by atoms with E-state index in [0.717, 1.165) is 17.0 Å². The Morgan fingerprint density at radius 1 is 1.47 bits per heavy atom. The number of hydrazine groups is 1. The molecule has 4 nitrogen and oxygen atoms in total. The summed E-state index contributed by atoms with van der Waals surface area (Å²) in [4.78, 5) is 9.43. The lowest BCUT2D eigenvalue weighted by Crippen LogP contribution is -2.29. The van der Waals surface area contributed by atoms with E-state index in [2.05, 4.69) is 15.4 Å². The van der Waals surface area contributed by atoms with Crippen LogP contribution < -0.4 is 11.3 Å². The molecule has 15 heavy (non-hydrogen) atoms. The van der Waals surface area contributed by atoms with E-state index < -0.39 is 0 Å². The van der Waals surface area contributed by atoms with E-state index >= 15 is 0 Å². The molecule has 1 atom stereocenters. The van der Waals surface area contributed by atoms with E-state index in [1.54, 1.807) is 23.0 Å². The van der Waals surface area contributed by atoms with Crippen LogP contribution in [0.25, 0.3) is 0 Å². The first-order chi connectivity index (χ1) is 7.40. The lowest BCUT2D eigenvalue weighted by atomic mass is 10.1. The lowest BCUT2D eigenvalue weighted by molar-refractivity contribution is 0.553. The minimum atomic E-state index is 0.0902. The zero-order chi connectivity index (χ0) is 10.5. The molecule has 0 fully saturated rings. The minimum absolute atomic E-state index is 0.0902. The molecule has 3 N–H and O–H groups in total. The zero-order valence-corrected chi connectivity index (χ0v) is 8.95. The quantitative estimate of drug-likeness (QED) is 0.602. The number of rotatable bonds is 4. The molecule has 0 aliphatic rings. The highest BCUT2D eigenvalue weighted by atomic mass is 32.1. The Hall–Kier alpha value is -1.30. The van der Waals surface area contributed by atoms with Gasteiger partial charge in [0.05, 0.1) is 11.6 Å². The summed E-state index contributed by atoms with van der Waals surface area (Å²) >= 11 is 1.59. The molecular formula is C10H12N4S. The second-order valence-electron chi connectivity index (χ2n) is 3.15. The van der Waals surface area contributed by atoms with Gasteiger partial charge < -0.3 is 0 Å². The van der Waals surface area contributed by atoms with Crippen LogP contribution in [0.5, 0.6) is 0 Å². The smallest absolute Gasteiger partial charge is 0.0794 e. The monoisotopic (exact) mass is 220 g/mol. The van der Waals surface area contributed by atoms with Crippen LogP contribution in [0.4, 0.5) is 0 Å². The fourth-order valence-electron chi connectivity index (χ4n) is 1.37. The summed E-state index contributed by atoms with van der Waals surface area (Å²) in [6.45, 7) is 0. The van der Waals surface area contributed by atoms with Crippen LogP contribution >= 0.6 is 11.3 Å². The molecular weight excluding hydrogens is 208 g/mol. The van der Waals surface area contributed by atoms with E-state index in [-0.39, 0.29) is 6.04 Å². The second-order valence-corrected chi connectivity index (χ2v) is 4.07. The molecule has 0 aliphatic heterocycles. The first-order valence-corrected chi connectivity index (χ1v) is 5.52. The van der Waals surface area contributed by atoms with Gasteiger partial charge in [0, 0.05) is 29.4 Å². The van der Waals surface area contributed by atoms with Crippen LogP contribution in [0, 0.1) is 0 Å².